The summed E-state index contributed by atoms with van der Waals surface area (Å²) >= 11 is 3.05. The normalized spacial score (nSPS) is 19.6. The quantitative estimate of drug-likeness (QED) is 0.560. The van der Waals surface area contributed by atoms with Crippen LogP contribution in [0, 0.1) is 5.92 Å². The highest BCUT2D eigenvalue weighted by atomic mass is 79.9. The van der Waals surface area contributed by atoms with Gasteiger partial charge in [0.05, 0.1) is 40.8 Å². The van der Waals surface area contributed by atoms with Crippen LogP contribution in [0.2, 0.25) is 0 Å². The van der Waals surface area contributed by atoms with Crippen molar-refractivity contribution in [3.63, 3.8) is 0 Å². The molecule has 1 aromatic carbocycles. The van der Waals surface area contributed by atoms with E-state index in [0.717, 1.165) is 6.07 Å². The van der Waals surface area contributed by atoms with Gasteiger partial charge in [0.25, 0.3) is 0 Å². The number of nitrogens with one attached hydrogen (secondary N) is 2. The Labute approximate surface area is 184 Å². The Bertz CT molecular complexity index is 969. The number of ether oxygens (including phenoxy) is 1. The van der Waals surface area contributed by atoms with Crippen molar-refractivity contribution < 1.29 is 27.5 Å². The number of alkyl halides is 3. The number of carbonyl (C=O) groups excluding carboxylic acids is 2. The van der Waals surface area contributed by atoms with Crippen LogP contribution in [-0.4, -0.2) is 29.5 Å². The molecule has 0 radical (unpaired) electrons. The fourth-order valence-electron chi connectivity index (χ4n) is 3.28. The summed E-state index contributed by atoms with van der Waals surface area (Å²) in [6, 6.07) is 6.49. The molecule has 7 nitrogen and oxygen atoms in total. The molecular formula is C20H20BrF3N4O3. The van der Waals surface area contributed by atoms with Crippen molar-refractivity contribution in [3.8, 4) is 0 Å². The van der Waals surface area contributed by atoms with E-state index in [4.69, 9.17) is 10.5 Å². The number of nitrogens with two attached hydrogens (primary N) is 1. The lowest BCUT2D eigenvalue weighted by Crippen LogP contribution is -2.42. The SMILES string of the molecule is CC(NC(=O)C1CCOC1C(N)=O)c1ccc(Nc2ccc(Br)cc2C(F)(F)F)cn1. The zero-order valence-electron chi connectivity index (χ0n) is 16.4. The van der Waals surface area contributed by atoms with Gasteiger partial charge in [-0.1, -0.05) is 15.9 Å². The monoisotopic (exact) mass is 500 g/mol. The Balaban J connectivity index is 1.68. The van der Waals surface area contributed by atoms with Crippen LogP contribution < -0.4 is 16.4 Å². The third-order valence-corrected chi connectivity index (χ3v) is 5.36. The number of hydrogen-bond donors (Lipinski definition) is 3. The van der Waals surface area contributed by atoms with E-state index in [1.165, 1.54) is 18.3 Å². The van der Waals surface area contributed by atoms with Gasteiger partial charge >= 0.3 is 6.18 Å². The molecule has 2 aromatic rings. The zero-order chi connectivity index (χ0) is 22.8. The molecule has 1 saturated heterocycles. The molecule has 0 saturated carbocycles. The molecule has 3 rings (SSSR count). The van der Waals surface area contributed by atoms with Crippen molar-refractivity contribution in [3.05, 3.63) is 52.3 Å². The maximum absolute atomic E-state index is 13.3. The summed E-state index contributed by atoms with van der Waals surface area (Å²) in [5, 5.41) is 5.48. The lowest BCUT2D eigenvalue weighted by Gasteiger charge is -2.19. The van der Waals surface area contributed by atoms with E-state index >= 15 is 0 Å². The van der Waals surface area contributed by atoms with Gasteiger partial charge < -0.3 is 21.1 Å². The smallest absolute Gasteiger partial charge is 0.368 e. The number of rotatable bonds is 6. The number of hydrogen-bond acceptors (Lipinski definition) is 5. The molecule has 1 aromatic heterocycles. The maximum atomic E-state index is 13.3. The summed E-state index contributed by atoms with van der Waals surface area (Å²) in [4.78, 5) is 28.1. The Morgan fingerprint density at radius 1 is 1.29 bits per heavy atom. The number of carbonyl (C=O) groups is 2. The predicted molar refractivity (Wildman–Crippen MR) is 110 cm³/mol. The molecule has 0 bridgehead atoms. The third-order valence-electron chi connectivity index (χ3n) is 4.86. The fraction of sp³-hybridized carbons (Fsp3) is 0.350. The lowest BCUT2D eigenvalue weighted by molar-refractivity contribution is -0.137. The van der Waals surface area contributed by atoms with Gasteiger partial charge in [-0.2, -0.15) is 13.2 Å². The zero-order valence-corrected chi connectivity index (χ0v) is 18.0. The van der Waals surface area contributed by atoms with Gasteiger partial charge in [-0.25, -0.2) is 0 Å². The first-order valence-corrected chi connectivity index (χ1v) is 10.2. The van der Waals surface area contributed by atoms with Crippen molar-refractivity contribution in [1.82, 2.24) is 10.3 Å². The van der Waals surface area contributed by atoms with E-state index in [0.29, 0.717) is 22.3 Å². The molecular weight excluding hydrogens is 481 g/mol. The van der Waals surface area contributed by atoms with E-state index < -0.39 is 35.7 Å². The number of aromatic nitrogens is 1. The van der Waals surface area contributed by atoms with Crippen LogP contribution in [0.25, 0.3) is 0 Å². The third kappa shape index (κ3) is 5.53. The van der Waals surface area contributed by atoms with Gasteiger partial charge in [0, 0.05) is 11.1 Å². The number of nitrogens with zero attached hydrogens (tertiary/aromatic N) is 1. The van der Waals surface area contributed by atoms with Gasteiger partial charge in [-0.3, -0.25) is 14.6 Å². The van der Waals surface area contributed by atoms with E-state index in [2.05, 4.69) is 31.5 Å². The number of primary amides is 1. The number of pyridine rings is 1. The van der Waals surface area contributed by atoms with E-state index in [9.17, 15) is 22.8 Å². The summed E-state index contributed by atoms with van der Waals surface area (Å²) in [7, 11) is 0. The molecule has 2 amide bonds. The van der Waals surface area contributed by atoms with Crippen LogP contribution in [0.15, 0.2) is 41.0 Å². The second-order valence-electron chi connectivity index (χ2n) is 7.10. The molecule has 0 aliphatic carbocycles. The topological polar surface area (TPSA) is 106 Å². The molecule has 2 heterocycles. The molecule has 1 aliphatic heterocycles. The van der Waals surface area contributed by atoms with Gasteiger partial charge in [0.1, 0.15) is 6.10 Å². The first-order valence-electron chi connectivity index (χ1n) is 9.37. The van der Waals surface area contributed by atoms with Crippen molar-refractivity contribution in [2.75, 3.05) is 11.9 Å². The minimum absolute atomic E-state index is 0.106. The van der Waals surface area contributed by atoms with Crippen molar-refractivity contribution in [2.24, 2.45) is 11.7 Å². The van der Waals surface area contributed by atoms with Crippen LogP contribution in [0.4, 0.5) is 24.5 Å². The largest absolute Gasteiger partial charge is 0.418 e. The minimum atomic E-state index is -4.52. The number of benzene rings is 1. The summed E-state index contributed by atoms with van der Waals surface area (Å²) in [6.45, 7) is 1.98. The molecule has 3 unspecified atom stereocenters. The molecule has 1 fully saturated rings. The standard InChI is InChI=1S/C20H20BrF3N4O3/c1-10(27-19(30)13-6-7-31-17(13)18(25)29)15-5-3-12(9-26-15)28-16-4-2-11(21)8-14(16)20(22,23)24/h2-5,8-10,13,17,28H,6-7H2,1H3,(H2,25,29)(H,27,30). The summed E-state index contributed by atoms with van der Waals surface area (Å²) in [6.07, 6.45) is -3.71. The molecule has 4 N–H and O–H groups in total. The Kier molecular flexibility index (Phi) is 6.85. The average molecular weight is 501 g/mol. The molecule has 166 valence electrons. The van der Waals surface area contributed by atoms with Crippen molar-refractivity contribution >= 4 is 39.1 Å². The van der Waals surface area contributed by atoms with Crippen molar-refractivity contribution in [2.45, 2.75) is 31.7 Å². The van der Waals surface area contributed by atoms with Crippen molar-refractivity contribution in [1.29, 1.82) is 0 Å². The molecule has 3 atom stereocenters. The van der Waals surface area contributed by atoms with Gasteiger partial charge in [-0.15, -0.1) is 0 Å². The second kappa shape index (κ2) is 9.23. The number of anilines is 2. The number of halogens is 4. The average Bonchev–Trinajstić information content (AvgIpc) is 3.19. The summed E-state index contributed by atoms with van der Waals surface area (Å²) in [5.74, 6) is -1.73. The van der Waals surface area contributed by atoms with Crippen LogP contribution in [0.1, 0.15) is 30.6 Å². The highest BCUT2D eigenvalue weighted by Gasteiger charge is 2.38. The first kappa shape index (κ1) is 23.0. The first-order chi connectivity index (χ1) is 14.6. The maximum Gasteiger partial charge on any atom is 0.418 e. The Morgan fingerprint density at radius 2 is 2.03 bits per heavy atom. The lowest BCUT2D eigenvalue weighted by atomic mass is 9.99. The number of amides is 2. The van der Waals surface area contributed by atoms with Gasteiger partial charge in [-0.05, 0) is 43.7 Å². The van der Waals surface area contributed by atoms with Gasteiger partial charge in [0.15, 0.2) is 0 Å². The van der Waals surface area contributed by atoms with E-state index in [1.807, 2.05) is 0 Å². The molecule has 0 spiro atoms. The fourth-order valence-corrected chi connectivity index (χ4v) is 3.64. The van der Waals surface area contributed by atoms with Crippen LogP contribution in [0.3, 0.4) is 0 Å². The van der Waals surface area contributed by atoms with Gasteiger partial charge in [0.2, 0.25) is 11.8 Å². The Hall–Kier alpha value is -2.66. The molecule has 1 aliphatic rings. The molecule has 11 heteroatoms. The van der Waals surface area contributed by atoms with E-state index in [-0.39, 0.29) is 18.2 Å². The highest BCUT2D eigenvalue weighted by molar-refractivity contribution is 9.10. The van der Waals surface area contributed by atoms with E-state index in [1.54, 1.807) is 19.1 Å². The molecule has 31 heavy (non-hydrogen) atoms. The Morgan fingerprint density at radius 3 is 2.65 bits per heavy atom. The van der Waals surface area contributed by atoms with Crippen LogP contribution in [0.5, 0.6) is 0 Å². The summed E-state index contributed by atoms with van der Waals surface area (Å²) in [5.41, 5.74) is 5.20. The minimum Gasteiger partial charge on any atom is -0.368 e. The second-order valence-corrected chi connectivity index (χ2v) is 8.02. The highest BCUT2D eigenvalue weighted by Crippen LogP contribution is 2.37. The van der Waals surface area contributed by atoms with Crippen LogP contribution >= 0.6 is 15.9 Å². The van der Waals surface area contributed by atoms with Crippen LogP contribution in [-0.2, 0) is 20.5 Å². The predicted octanol–water partition coefficient (Wildman–Crippen LogP) is 3.67. The summed E-state index contributed by atoms with van der Waals surface area (Å²) < 4.78 is 45.3.